The SMILES string of the molecule is O=Cc1c(Cl)ncnc1-c1ccc(Cl)s1. The number of halogens is 2. The van der Waals surface area contributed by atoms with Crippen LogP contribution in [0.2, 0.25) is 9.49 Å². The number of hydrogen-bond donors (Lipinski definition) is 0. The lowest BCUT2D eigenvalue weighted by molar-refractivity contribution is 0.112. The number of hydrogen-bond acceptors (Lipinski definition) is 4. The molecule has 6 heteroatoms. The average Bonchev–Trinajstić information content (AvgIpc) is 2.64. The minimum Gasteiger partial charge on any atom is -0.298 e. The molecule has 2 rings (SSSR count). The van der Waals surface area contributed by atoms with Crippen LogP contribution in [-0.4, -0.2) is 16.3 Å². The Bertz CT molecular complexity index is 513. The molecule has 0 saturated carbocycles. The van der Waals surface area contributed by atoms with Gasteiger partial charge in [-0.3, -0.25) is 4.79 Å². The highest BCUT2D eigenvalue weighted by molar-refractivity contribution is 7.19. The second-order valence-electron chi connectivity index (χ2n) is 2.65. The standard InChI is InChI=1S/C9H4Cl2N2OS/c10-7-2-1-6(15-7)8-5(3-14)9(11)13-4-12-8/h1-4H. The summed E-state index contributed by atoms with van der Waals surface area (Å²) in [6, 6.07) is 3.53. The summed E-state index contributed by atoms with van der Waals surface area (Å²) in [5, 5.41) is 0.152. The Kier molecular flexibility index (Phi) is 3.00. The normalized spacial score (nSPS) is 10.3. The second kappa shape index (κ2) is 4.26. The molecule has 0 bridgehead atoms. The monoisotopic (exact) mass is 258 g/mol. The number of aldehydes is 1. The van der Waals surface area contributed by atoms with E-state index < -0.39 is 0 Å². The summed E-state index contributed by atoms with van der Waals surface area (Å²) in [7, 11) is 0. The lowest BCUT2D eigenvalue weighted by atomic mass is 10.2. The summed E-state index contributed by atoms with van der Waals surface area (Å²) in [4.78, 5) is 19.4. The molecule has 2 aromatic rings. The molecule has 0 aromatic carbocycles. The fourth-order valence-electron chi connectivity index (χ4n) is 1.12. The van der Waals surface area contributed by atoms with Gasteiger partial charge >= 0.3 is 0 Å². The van der Waals surface area contributed by atoms with Crippen molar-refractivity contribution in [2.75, 3.05) is 0 Å². The van der Waals surface area contributed by atoms with Crippen LogP contribution in [0.5, 0.6) is 0 Å². The first kappa shape index (κ1) is 10.5. The van der Waals surface area contributed by atoms with Crippen molar-refractivity contribution in [1.82, 2.24) is 9.97 Å². The van der Waals surface area contributed by atoms with E-state index in [0.717, 1.165) is 4.88 Å². The molecule has 15 heavy (non-hydrogen) atoms. The van der Waals surface area contributed by atoms with E-state index in [-0.39, 0.29) is 10.7 Å². The van der Waals surface area contributed by atoms with Gasteiger partial charge < -0.3 is 0 Å². The number of thiophene rings is 1. The van der Waals surface area contributed by atoms with Crippen LogP contribution in [0.15, 0.2) is 18.5 Å². The molecule has 0 amide bonds. The summed E-state index contributed by atoms with van der Waals surface area (Å²) in [6.45, 7) is 0. The Hall–Kier alpha value is -0.970. The highest BCUT2D eigenvalue weighted by Crippen LogP contribution is 2.32. The highest BCUT2D eigenvalue weighted by Gasteiger charge is 2.12. The van der Waals surface area contributed by atoms with Crippen LogP contribution in [-0.2, 0) is 0 Å². The van der Waals surface area contributed by atoms with Gasteiger partial charge in [0, 0.05) is 0 Å². The average molecular weight is 259 g/mol. The molecule has 3 nitrogen and oxygen atoms in total. The first-order chi connectivity index (χ1) is 7.22. The summed E-state index contributed by atoms with van der Waals surface area (Å²) in [6.07, 6.45) is 1.96. The summed E-state index contributed by atoms with van der Waals surface area (Å²) in [5.74, 6) is 0. The van der Waals surface area contributed by atoms with Gasteiger partial charge in [-0.15, -0.1) is 11.3 Å². The van der Waals surface area contributed by atoms with E-state index in [9.17, 15) is 4.79 Å². The van der Waals surface area contributed by atoms with E-state index in [0.29, 0.717) is 16.3 Å². The van der Waals surface area contributed by atoms with Crippen LogP contribution in [0, 0.1) is 0 Å². The molecule has 0 saturated heterocycles. The molecule has 0 aliphatic rings. The van der Waals surface area contributed by atoms with Gasteiger partial charge in [0.05, 0.1) is 20.5 Å². The number of nitrogens with zero attached hydrogens (tertiary/aromatic N) is 2. The van der Waals surface area contributed by atoms with Gasteiger partial charge in [-0.2, -0.15) is 0 Å². The third-order valence-corrected chi connectivity index (χ3v) is 3.30. The zero-order valence-electron chi connectivity index (χ0n) is 7.28. The van der Waals surface area contributed by atoms with Crippen LogP contribution in [0.4, 0.5) is 0 Å². The van der Waals surface area contributed by atoms with Gasteiger partial charge in [-0.05, 0) is 12.1 Å². The number of carbonyl (C=O) groups excluding carboxylic acids is 1. The maximum atomic E-state index is 10.8. The van der Waals surface area contributed by atoms with Gasteiger partial charge in [0.25, 0.3) is 0 Å². The third-order valence-electron chi connectivity index (χ3n) is 1.76. The molecule has 2 heterocycles. The van der Waals surface area contributed by atoms with Crippen molar-refractivity contribution < 1.29 is 4.79 Å². The first-order valence-electron chi connectivity index (χ1n) is 3.93. The van der Waals surface area contributed by atoms with Crippen LogP contribution >= 0.6 is 34.5 Å². The number of aromatic nitrogens is 2. The van der Waals surface area contributed by atoms with E-state index in [1.54, 1.807) is 12.1 Å². The molecule has 0 N–H and O–H groups in total. The number of carbonyl (C=O) groups is 1. The van der Waals surface area contributed by atoms with Crippen LogP contribution in [0.3, 0.4) is 0 Å². The Morgan fingerprint density at radius 3 is 2.67 bits per heavy atom. The molecule has 76 valence electrons. The van der Waals surface area contributed by atoms with Crippen molar-refractivity contribution in [3.05, 3.63) is 33.5 Å². The van der Waals surface area contributed by atoms with Crippen molar-refractivity contribution in [3.8, 4) is 10.6 Å². The maximum Gasteiger partial charge on any atom is 0.155 e. The number of rotatable bonds is 2. The maximum absolute atomic E-state index is 10.8. The zero-order valence-corrected chi connectivity index (χ0v) is 9.60. The molecule has 0 spiro atoms. The molecule has 0 radical (unpaired) electrons. The molecule has 2 aromatic heterocycles. The largest absolute Gasteiger partial charge is 0.298 e. The van der Waals surface area contributed by atoms with Crippen molar-refractivity contribution >= 4 is 40.8 Å². The molecule has 0 aliphatic carbocycles. The molecular weight excluding hydrogens is 255 g/mol. The van der Waals surface area contributed by atoms with E-state index in [1.165, 1.54) is 17.7 Å². The van der Waals surface area contributed by atoms with Gasteiger partial charge in [0.2, 0.25) is 0 Å². The molecular formula is C9H4Cl2N2OS. The summed E-state index contributed by atoms with van der Waals surface area (Å²) < 4.78 is 0.636. The van der Waals surface area contributed by atoms with E-state index in [4.69, 9.17) is 23.2 Å². The minimum absolute atomic E-state index is 0.152. The highest BCUT2D eigenvalue weighted by atomic mass is 35.5. The van der Waals surface area contributed by atoms with Gasteiger partial charge in [-0.1, -0.05) is 23.2 Å². The molecule has 0 atom stereocenters. The quantitative estimate of drug-likeness (QED) is 0.613. The van der Waals surface area contributed by atoms with Crippen molar-refractivity contribution in [1.29, 1.82) is 0 Å². The Morgan fingerprint density at radius 1 is 1.27 bits per heavy atom. The van der Waals surface area contributed by atoms with Gasteiger partial charge in [0.1, 0.15) is 11.5 Å². The van der Waals surface area contributed by atoms with Crippen molar-refractivity contribution in [2.45, 2.75) is 0 Å². The topological polar surface area (TPSA) is 42.9 Å². The van der Waals surface area contributed by atoms with E-state index >= 15 is 0 Å². The molecule has 0 fully saturated rings. The Balaban J connectivity index is 2.62. The Morgan fingerprint density at radius 2 is 2.07 bits per heavy atom. The molecule has 0 unspecified atom stereocenters. The van der Waals surface area contributed by atoms with E-state index in [1.807, 2.05) is 0 Å². The summed E-state index contributed by atoms with van der Waals surface area (Å²) in [5.41, 5.74) is 0.805. The fraction of sp³-hybridized carbons (Fsp3) is 0. The van der Waals surface area contributed by atoms with E-state index in [2.05, 4.69) is 9.97 Å². The third kappa shape index (κ3) is 2.02. The predicted octanol–water partition coefficient (Wildman–Crippen LogP) is 3.32. The molecule has 0 aliphatic heterocycles. The van der Waals surface area contributed by atoms with Crippen LogP contribution < -0.4 is 0 Å². The van der Waals surface area contributed by atoms with Crippen molar-refractivity contribution in [2.24, 2.45) is 0 Å². The summed E-state index contributed by atoms with van der Waals surface area (Å²) >= 11 is 12.9. The van der Waals surface area contributed by atoms with Crippen molar-refractivity contribution in [3.63, 3.8) is 0 Å². The lowest BCUT2D eigenvalue weighted by Crippen LogP contribution is -1.93. The minimum atomic E-state index is 0.152. The van der Waals surface area contributed by atoms with Crippen LogP contribution in [0.1, 0.15) is 10.4 Å². The van der Waals surface area contributed by atoms with Gasteiger partial charge in [0.15, 0.2) is 6.29 Å². The van der Waals surface area contributed by atoms with Gasteiger partial charge in [-0.25, -0.2) is 9.97 Å². The lowest BCUT2D eigenvalue weighted by Gasteiger charge is -2.00. The smallest absolute Gasteiger partial charge is 0.155 e. The predicted molar refractivity (Wildman–Crippen MR) is 60.8 cm³/mol. The fourth-order valence-corrected chi connectivity index (χ4v) is 2.35. The first-order valence-corrected chi connectivity index (χ1v) is 5.51. The zero-order chi connectivity index (χ0) is 10.8. The Labute approximate surface area is 99.7 Å². The second-order valence-corrected chi connectivity index (χ2v) is 4.72. The van der Waals surface area contributed by atoms with Crippen LogP contribution in [0.25, 0.3) is 10.6 Å².